The molecule has 2 aliphatic rings. The highest BCUT2D eigenvalue weighted by Crippen LogP contribution is 2.43. The van der Waals surface area contributed by atoms with Crippen LogP contribution in [0.25, 0.3) is 0 Å². The molecule has 3 N–H and O–H groups in total. The second-order valence-electron chi connectivity index (χ2n) is 7.31. The second kappa shape index (κ2) is 6.04. The average Bonchev–Trinajstić information content (AvgIpc) is 3.00. The van der Waals surface area contributed by atoms with Gasteiger partial charge in [-0.05, 0) is 44.4 Å². The summed E-state index contributed by atoms with van der Waals surface area (Å²) in [5.74, 6) is 1.49. The summed E-state index contributed by atoms with van der Waals surface area (Å²) in [7, 11) is 0. The van der Waals surface area contributed by atoms with Crippen LogP contribution in [0.4, 0.5) is 0 Å². The molecule has 0 radical (unpaired) electrons. The summed E-state index contributed by atoms with van der Waals surface area (Å²) < 4.78 is 10.9. The van der Waals surface area contributed by atoms with Gasteiger partial charge in [0.05, 0.1) is 5.54 Å². The van der Waals surface area contributed by atoms with Gasteiger partial charge in [-0.25, -0.2) is 0 Å². The number of rotatable bonds is 4. The van der Waals surface area contributed by atoms with E-state index in [1.807, 2.05) is 6.07 Å². The third kappa shape index (κ3) is 3.29. The fourth-order valence-electron chi connectivity index (χ4n) is 3.50. The fourth-order valence-corrected chi connectivity index (χ4v) is 3.50. The number of fused-ring (bicyclic) bond motifs is 1. The Morgan fingerprint density at radius 3 is 2.61 bits per heavy atom. The molecular formula is C18H26N2O3. The minimum atomic E-state index is -0.856. The largest absolute Gasteiger partial charge is 0.454 e. The monoisotopic (exact) mass is 318 g/mol. The molecule has 1 aromatic rings. The first-order valence-electron chi connectivity index (χ1n) is 8.38. The number of hydrogen-bond acceptors (Lipinski definition) is 4. The predicted molar refractivity (Wildman–Crippen MR) is 88.6 cm³/mol. The van der Waals surface area contributed by atoms with Crippen molar-refractivity contribution in [1.82, 2.24) is 5.32 Å². The van der Waals surface area contributed by atoms with Crippen LogP contribution in [0.3, 0.4) is 0 Å². The first-order chi connectivity index (χ1) is 10.9. The van der Waals surface area contributed by atoms with Gasteiger partial charge < -0.3 is 20.5 Å². The SMILES string of the molecule is CC(C)(N)C(=O)NCC1(c2ccc3c(c2)OCO3)CCCCC1. The molecule has 23 heavy (non-hydrogen) atoms. The second-order valence-corrected chi connectivity index (χ2v) is 7.31. The lowest BCUT2D eigenvalue weighted by Gasteiger charge is -2.38. The lowest BCUT2D eigenvalue weighted by atomic mass is 9.69. The lowest BCUT2D eigenvalue weighted by molar-refractivity contribution is -0.125. The van der Waals surface area contributed by atoms with Gasteiger partial charge in [0.15, 0.2) is 11.5 Å². The van der Waals surface area contributed by atoms with Crippen LogP contribution in [-0.2, 0) is 10.2 Å². The van der Waals surface area contributed by atoms with Crippen LogP contribution in [0, 0.1) is 0 Å². The third-order valence-corrected chi connectivity index (χ3v) is 4.97. The van der Waals surface area contributed by atoms with Crippen molar-refractivity contribution in [3.05, 3.63) is 23.8 Å². The zero-order valence-electron chi connectivity index (χ0n) is 14.0. The standard InChI is InChI=1S/C18H26N2O3/c1-17(2,19)16(21)20-11-18(8-4-3-5-9-18)13-6-7-14-15(10-13)23-12-22-14/h6-7,10H,3-5,8-9,11-12,19H2,1-2H3,(H,20,21). The van der Waals surface area contributed by atoms with Crippen molar-refractivity contribution in [3.63, 3.8) is 0 Å². The van der Waals surface area contributed by atoms with Crippen LogP contribution in [0.5, 0.6) is 11.5 Å². The minimum absolute atomic E-state index is 0.0415. The van der Waals surface area contributed by atoms with E-state index < -0.39 is 5.54 Å². The number of carbonyl (C=O) groups excluding carboxylic acids is 1. The Labute approximate surface area is 137 Å². The summed E-state index contributed by atoms with van der Waals surface area (Å²) in [5.41, 5.74) is 6.22. The number of hydrogen-bond donors (Lipinski definition) is 2. The molecule has 1 saturated carbocycles. The highest BCUT2D eigenvalue weighted by atomic mass is 16.7. The molecule has 0 aromatic heterocycles. The first-order valence-corrected chi connectivity index (χ1v) is 8.38. The van der Waals surface area contributed by atoms with Crippen molar-refractivity contribution in [2.45, 2.75) is 56.9 Å². The molecule has 126 valence electrons. The van der Waals surface area contributed by atoms with Crippen molar-refractivity contribution in [2.75, 3.05) is 13.3 Å². The van der Waals surface area contributed by atoms with E-state index in [4.69, 9.17) is 15.2 Å². The van der Waals surface area contributed by atoms with Gasteiger partial charge in [0.25, 0.3) is 0 Å². The van der Waals surface area contributed by atoms with Gasteiger partial charge in [0.1, 0.15) is 0 Å². The Balaban J connectivity index is 1.83. The van der Waals surface area contributed by atoms with E-state index in [-0.39, 0.29) is 18.1 Å². The number of nitrogens with one attached hydrogen (secondary N) is 1. The van der Waals surface area contributed by atoms with Crippen LogP contribution in [-0.4, -0.2) is 24.8 Å². The molecule has 1 amide bonds. The molecular weight excluding hydrogens is 292 g/mol. The molecule has 1 aliphatic heterocycles. The molecule has 5 nitrogen and oxygen atoms in total. The van der Waals surface area contributed by atoms with Crippen LogP contribution >= 0.6 is 0 Å². The van der Waals surface area contributed by atoms with E-state index in [1.165, 1.54) is 24.8 Å². The van der Waals surface area contributed by atoms with E-state index in [9.17, 15) is 4.79 Å². The Morgan fingerprint density at radius 2 is 1.91 bits per heavy atom. The minimum Gasteiger partial charge on any atom is -0.454 e. The van der Waals surface area contributed by atoms with E-state index in [2.05, 4.69) is 17.4 Å². The molecule has 1 aliphatic carbocycles. The summed E-state index contributed by atoms with van der Waals surface area (Å²) in [4.78, 5) is 12.2. The van der Waals surface area contributed by atoms with E-state index >= 15 is 0 Å². The first kappa shape index (κ1) is 16.1. The van der Waals surface area contributed by atoms with Gasteiger partial charge in [-0.1, -0.05) is 25.3 Å². The van der Waals surface area contributed by atoms with Crippen molar-refractivity contribution in [2.24, 2.45) is 5.73 Å². The summed E-state index contributed by atoms with van der Waals surface area (Å²) in [6.07, 6.45) is 5.74. The van der Waals surface area contributed by atoms with Crippen molar-refractivity contribution in [1.29, 1.82) is 0 Å². The summed E-state index contributed by atoms with van der Waals surface area (Å²) in [6, 6.07) is 6.16. The maximum absolute atomic E-state index is 12.2. The van der Waals surface area contributed by atoms with Crippen LogP contribution in [0.15, 0.2) is 18.2 Å². The number of ether oxygens (including phenoxy) is 2. The summed E-state index contributed by atoms with van der Waals surface area (Å²) in [5, 5.41) is 3.06. The number of nitrogens with two attached hydrogens (primary N) is 1. The molecule has 0 saturated heterocycles. The smallest absolute Gasteiger partial charge is 0.239 e. The Kier molecular flexibility index (Phi) is 4.23. The van der Waals surface area contributed by atoms with Crippen LogP contribution in [0.2, 0.25) is 0 Å². The maximum atomic E-state index is 12.2. The average molecular weight is 318 g/mol. The molecule has 0 unspecified atom stereocenters. The molecule has 1 fully saturated rings. The molecule has 0 bridgehead atoms. The third-order valence-electron chi connectivity index (χ3n) is 4.97. The number of amides is 1. The highest BCUT2D eigenvalue weighted by molar-refractivity contribution is 5.85. The lowest BCUT2D eigenvalue weighted by Crippen LogP contribution is -2.52. The fraction of sp³-hybridized carbons (Fsp3) is 0.611. The molecule has 0 atom stereocenters. The van der Waals surface area contributed by atoms with Crippen LogP contribution in [0.1, 0.15) is 51.5 Å². The van der Waals surface area contributed by atoms with Crippen molar-refractivity contribution >= 4 is 5.91 Å². The zero-order valence-corrected chi connectivity index (χ0v) is 14.0. The summed E-state index contributed by atoms with van der Waals surface area (Å²) in [6.45, 7) is 4.36. The normalized spacial score (nSPS) is 19.4. The van der Waals surface area contributed by atoms with Gasteiger partial charge in [-0.15, -0.1) is 0 Å². The van der Waals surface area contributed by atoms with Crippen molar-refractivity contribution in [3.8, 4) is 11.5 Å². The Bertz CT molecular complexity index is 586. The van der Waals surface area contributed by atoms with E-state index in [0.717, 1.165) is 24.3 Å². The zero-order chi connectivity index (χ0) is 16.5. The maximum Gasteiger partial charge on any atom is 0.239 e. The van der Waals surface area contributed by atoms with Crippen LogP contribution < -0.4 is 20.5 Å². The highest BCUT2D eigenvalue weighted by Gasteiger charge is 2.36. The summed E-state index contributed by atoms with van der Waals surface area (Å²) >= 11 is 0. The van der Waals surface area contributed by atoms with E-state index in [1.54, 1.807) is 13.8 Å². The number of carbonyl (C=O) groups is 1. The quantitative estimate of drug-likeness (QED) is 0.894. The predicted octanol–water partition coefficient (Wildman–Crippen LogP) is 2.47. The van der Waals surface area contributed by atoms with Gasteiger partial charge in [-0.2, -0.15) is 0 Å². The Morgan fingerprint density at radius 1 is 1.22 bits per heavy atom. The Hall–Kier alpha value is -1.75. The molecule has 1 aromatic carbocycles. The molecule has 5 heteroatoms. The van der Waals surface area contributed by atoms with Gasteiger partial charge in [0.2, 0.25) is 12.7 Å². The van der Waals surface area contributed by atoms with Gasteiger partial charge >= 0.3 is 0 Å². The van der Waals surface area contributed by atoms with Gasteiger partial charge in [-0.3, -0.25) is 4.79 Å². The van der Waals surface area contributed by atoms with Gasteiger partial charge in [0, 0.05) is 12.0 Å². The topological polar surface area (TPSA) is 73.6 Å². The number of benzene rings is 1. The van der Waals surface area contributed by atoms with Crippen molar-refractivity contribution < 1.29 is 14.3 Å². The van der Waals surface area contributed by atoms with E-state index in [0.29, 0.717) is 6.54 Å². The molecule has 3 rings (SSSR count). The molecule has 0 spiro atoms. The molecule has 1 heterocycles.